The standard InChI is InChI=1S/C18H19FN4O2/c19-14-7-4-8-15(11-14)21-9-10-22-16(17(21)24)20-23(18(22)25)12-13-5-2-1-3-6-13/h4,7-11,13H,1-3,5-6,12H2. The van der Waals surface area contributed by atoms with Gasteiger partial charge in [-0.05, 0) is 37.0 Å². The van der Waals surface area contributed by atoms with Gasteiger partial charge in [0.25, 0.3) is 0 Å². The summed E-state index contributed by atoms with van der Waals surface area (Å²) in [6.07, 6.45) is 8.77. The Morgan fingerprint density at radius 1 is 1.12 bits per heavy atom. The fourth-order valence-corrected chi connectivity index (χ4v) is 3.57. The lowest BCUT2D eigenvalue weighted by Gasteiger charge is -2.20. The number of halogens is 1. The lowest BCUT2D eigenvalue weighted by molar-refractivity contribution is 0.304. The molecule has 1 fully saturated rings. The van der Waals surface area contributed by atoms with Crippen LogP contribution in [0.4, 0.5) is 4.39 Å². The zero-order valence-electron chi connectivity index (χ0n) is 13.8. The van der Waals surface area contributed by atoms with Crippen LogP contribution in [0.1, 0.15) is 32.1 Å². The molecule has 1 saturated carbocycles. The van der Waals surface area contributed by atoms with Gasteiger partial charge in [-0.25, -0.2) is 18.3 Å². The molecule has 2 heterocycles. The summed E-state index contributed by atoms with van der Waals surface area (Å²) in [6.45, 7) is 0.542. The van der Waals surface area contributed by atoms with Crippen molar-refractivity contribution in [3.8, 4) is 5.69 Å². The van der Waals surface area contributed by atoms with Gasteiger partial charge in [-0.3, -0.25) is 9.36 Å². The highest BCUT2D eigenvalue weighted by Gasteiger charge is 2.18. The van der Waals surface area contributed by atoms with Crippen LogP contribution in [0.3, 0.4) is 0 Å². The van der Waals surface area contributed by atoms with Crippen LogP contribution in [0.15, 0.2) is 46.2 Å². The van der Waals surface area contributed by atoms with Crippen LogP contribution in [-0.4, -0.2) is 18.7 Å². The van der Waals surface area contributed by atoms with Crippen LogP contribution in [0.2, 0.25) is 0 Å². The number of nitrogens with zero attached hydrogens (tertiary/aromatic N) is 4. The predicted octanol–water partition coefficient (Wildman–Crippen LogP) is 2.37. The molecule has 3 aromatic rings. The van der Waals surface area contributed by atoms with Crippen LogP contribution in [-0.2, 0) is 6.54 Å². The zero-order valence-corrected chi connectivity index (χ0v) is 13.8. The van der Waals surface area contributed by atoms with E-state index in [1.807, 2.05) is 0 Å². The maximum Gasteiger partial charge on any atom is 0.350 e. The third-order valence-electron chi connectivity index (χ3n) is 4.89. The van der Waals surface area contributed by atoms with Crippen molar-refractivity contribution in [2.24, 2.45) is 5.92 Å². The van der Waals surface area contributed by atoms with E-state index in [4.69, 9.17) is 0 Å². The molecule has 1 aliphatic carbocycles. The van der Waals surface area contributed by atoms with Crippen LogP contribution in [0.25, 0.3) is 11.3 Å². The normalized spacial score (nSPS) is 15.7. The molecule has 1 aromatic carbocycles. The molecule has 25 heavy (non-hydrogen) atoms. The minimum absolute atomic E-state index is 0.0626. The van der Waals surface area contributed by atoms with Crippen molar-refractivity contribution >= 4 is 5.65 Å². The summed E-state index contributed by atoms with van der Waals surface area (Å²) >= 11 is 0. The molecule has 7 heteroatoms. The summed E-state index contributed by atoms with van der Waals surface area (Å²) in [6, 6.07) is 5.76. The Hall–Kier alpha value is -2.70. The Bertz CT molecular complexity index is 1030. The Morgan fingerprint density at radius 2 is 1.92 bits per heavy atom. The van der Waals surface area contributed by atoms with Crippen molar-refractivity contribution in [1.82, 2.24) is 18.7 Å². The third kappa shape index (κ3) is 2.90. The largest absolute Gasteiger partial charge is 0.350 e. The predicted molar refractivity (Wildman–Crippen MR) is 91.6 cm³/mol. The first-order valence-corrected chi connectivity index (χ1v) is 8.60. The Morgan fingerprint density at radius 3 is 2.68 bits per heavy atom. The van der Waals surface area contributed by atoms with Crippen molar-refractivity contribution in [1.29, 1.82) is 0 Å². The molecule has 0 atom stereocenters. The summed E-state index contributed by atoms with van der Waals surface area (Å²) in [4.78, 5) is 25.2. The van der Waals surface area contributed by atoms with Crippen LogP contribution in [0.5, 0.6) is 0 Å². The molecule has 1 aliphatic rings. The van der Waals surface area contributed by atoms with E-state index in [0.717, 1.165) is 12.8 Å². The molecule has 0 unspecified atom stereocenters. The topological polar surface area (TPSA) is 61.3 Å². The number of hydrogen-bond donors (Lipinski definition) is 0. The highest BCUT2D eigenvalue weighted by molar-refractivity contribution is 5.39. The van der Waals surface area contributed by atoms with Gasteiger partial charge in [0.05, 0.1) is 5.69 Å². The second kappa shape index (κ2) is 6.31. The van der Waals surface area contributed by atoms with Gasteiger partial charge in [-0.15, -0.1) is 5.10 Å². The SMILES string of the molecule is O=c1c2nn(CC3CCCCC3)c(=O)n2ccn1-c1cccc(F)c1. The van der Waals surface area contributed by atoms with Crippen LogP contribution in [0, 0.1) is 11.7 Å². The van der Waals surface area contributed by atoms with E-state index in [9.17, 15) is 14.0 Å². The maximum absolute atomic E-state index is 13.4. The third-order valence-corrected chi connectivity index (χ3v) is 4.89. The maximum atomic E-state index is 13.4. The molecule has 0 aliphatic heterocycles. The quantitative estimate of drug-likeness (QED) is 0.734. The average Bonchev–Trinajstić information content (AvgIpc) is 2.93. The molecule has 4 rings (SSSR count). The summed E-state index contributed by atoms with van der Waals surface area (Å²) in [5.74, 6) is 0.00583. The summed E-state index contributed by atoms with van der Waals surface area (Å²) < 4.78 is 17.4. The van der Waals surface area contributed by atoms with E-state index >= 15 is 0 Å². The Balaban J connectivity index is 1.77. The van der Waals surface area contributed by atoms with Gasteiger partial charge in [0.1, 0.15) is 5.82 Å². The van der Waals surface area contributed by atoms with E-state index in [2.05, 4.69) is 5.10 Å². The second-order valence-corrected chi connectivity index (χ2v) is 6.62. The van der Waals surface area contributed by atoms with Crippen molar-refractivity contribution in [2.75, 3.05) is 0 Å². The molecule has 0 N–H and O–H groups in total. The molecule has 0 amide bonds. The smallest absolute Gasteiger partial charge is 0.279 e. The molecule has 0 saturated heterocycles. The summed E-state index contributed by atoms with van der Waals surface area (Å²) in [5, 5.41) is 4.25. The van der Waals surface area contributed by atoms with Gasteiger partial charge in [-0.2, -0.15) is 0 Å². The highest BCUT2D eigenvalue weighted by atomic mass is 19.1. The molecular weight excluding hydrogens is 323 g/mol. The Kier molecular flexibility index (Phi) is 3.99. The van der Waals surface area contributed by atoms with Gasteiger partial charge in [-0.1, -0.05) is 25.3 Å². The lowest BCUT2D eigenvalue weighted by atomic mass is 9.89. The van der Waals surface area contributed by atoms with Crippen molar-refractivity contribution in [3.63, 3.8) is 0 Å². The van der Waals surface area contributed by atoms with Gasteiger partial charge >= 0.3 is 11.2 Å². The first-order chi connectivity index (χ1) is 12.1. The van der Waals surface area contributed by atoms with E-state index in [1.165, 1.54) is 63.5 Å². The minimum atomic E-state index is -0.437. The number of aromatic nitrogens is 4. The average molecular weight is 342 g/mol. The molecular formula is C18H19FN4O2. The van der Waals surface area contributed by atoms with E-state index < -0.39 is 11.4 Å². The van der Waals surface area contributed by atoms with Crippen LogP contribution >= 0.6 is 0 Å². The van der Waals surface area contributed by atoms with E-state index in [0.29, 0.717) is 18.2 Å². The lowest BCUT2D eigenvalue weighted by Crippen LogP contribution is -2.26. The van der Waals surface area contributed by atoms with Gasteiger partial charge in [0, 0.05) is 18.9 Å². The second-order valence-electron chi connectivity index (χ2n) is 6.62. The van der Waals surface area contributed by atoms with Gasteiger partial charge in [0.2, 0.25) is 5.65 Å². The van der Waals surface area contributed by atoms with E-state index in [-0.39, 0.29) is 11.3 Å². The van der Waals surface area contributed by atoms with E-state index in [1.54, 1.807) is 6.07 Å². The molecule has 0 radical (unpaired) electrons. The minimum Gasteiger partial charge on any atom is -0.279 e. The monoisotopic (exact) mass is 342 g/mol. The number of fused-ring (bicyclic) bond motifs is 1. The van der Waals surface area contributed by atoms with Gasteiger partial charge in [0.15, 0.2) is 0 Å². The summed E-state index contributed by atoms with van der Waals surface area (Å²) in [7, 11) is 0. The fraction of sp³-hybridized carbons (Fsp3) is 0.389. The van der Waals surface area contributed by atoms with Crippen molar-refractivity contribution in [3.05, 3.63) is 63.3 Å². The number of rotatable bonds is 3. The van der Waals surface area contributed by atoms with Crippen LogP contribution < -0.4 is 11.2 Å². The molecule has 6 nitrogen and oxygen atoms in total. The Labute approximate surface area is 143 Å². The molecule has 130 valence electrons. The first kappa shape index (κ1) is 15.8. The fourth-order valence-electron chi connectivity index (χ4n) is 3.57. The first-order valence-electron chi connectivity index (χ1n) is 8.60. The van der Waals surface area contributed by atoms with Crippen molar-refractivity contribution in [2.45, 2.75) is 38.6 Å². The summed E-state index contributed by atoms with van der Waals surface area (Å²) in [5.41, 5.74) is -0.272. The molecule has 0 spiro atoms. The zero-order chi connectivity index (χ0) is 17.4. The van der Waals surface area contributed by atoms with Gasteiger partial charge < -0.3 is 0 Å². The number of hydrogen-bond acceptors (Lipinski definition) is 3. The number of benzene rings is 1. The molecule has 2 aromatic heterocycles. The highest BCUT2D eigenvalue weighted by Crippen LogP contribution is 2.24. The molecule has 0 bridgehead atoms. The van der Waals surface area contributed by atoms with Crippen molar-refractivity contribution < 1.29 is 4.39 Å².